The summed E-state index contributed by atoms with van der Waals surface area (Å²) < 4.78 is 11.0. The molecule has 0 aliphatic rings. The minimum absolute atomic E-state index is 0.146. The van der Waals surface area contributed by atoms with Crippen molar-refractivity contribution in [2.45, 2.75) is 39.5 Å². The molecule has 0 fully saturated rings. The van der Waals surface area contributed by atoms with Gasteiger partial charge in [0.15, 0.2) is 0 Å². The normalized spacial score (nSPS) is 14.4. The third kappa shape index (κ3) is 4.75. The zero-order chi connectivity index (χ0) is 12.7. The van der Waals surface area contributed by atoms with Crippen LogP contribution in [0.15, 0.2) is 24.3 Å². The van der Waals surface area contributed by atoms with Gasteiger partial charge in [-0.1, -0.05) is 19.1 Å². The predicted molar refractivity (Wildman–Crippen MR) is 70.4 cm³/mol. The summed E-state index contributed by atoms with van der Waals surface area (Å²) >= 11 is 0. The van der Waals surface area contributed by atoms with Gasteiger partial charge in [0, 0.05) is 13.2 Å². The van der Waals surface area contributed by atoms with E-state index in [4.69, 9.17) is 9.47 Å². The van der Waals surface area contributed by atoms with Gasteiger partial charge in [-0.25, -0.2) is 0 Å². The third-order valence-electron chi connectivity index (χ3n) is 2.76. The summed E-state index contributed by atoms with van der Waals surface area (Å²) in [6, 6.07) is 8.38. The zero-order valence-electron chi connectivity index (χ0n) is 11.2. The fourth-order valence-corrected chi connectivity index (χ4v) is 1.68. The Balaban J connectivity index is 2.58. The topological polar surface area (TPSA) is 30.5 Å². The van der Waals surface area contributed by atoms with Crippen molar-refractivity contribution in [3.05, 3.63) is 29.8 Å². The number of likely N-dealkylation sites (N-methyl/N-ethyl adjacent to an activating group) is 1. The second-order valence-corrected chi connectivity index (χ2v) is 4.25. The van der Waals surface area contributed by atoms with Gasteiger partial charge in [0.1, 0.15) is 11.9 Å². The molecule has 1 N–H and O–H groups in total. The molecular formula is C14H23NO2. The first-order valence-corrected chi connectivity index (χ1v) is 6.15. The molecule has 0 amide bonds. The molecule has 3 nitrogen and oxygen atoms in total. The van der Waals surface area contributed by atoms with Crippen molar-refractivity contribution in [1.82, 2.24) is 5.32 Å². The first-order valence-electron chi connectivity index (χ1n) is 6.15. The van der Waals surface area contributed by atoms with Crippen molar-refractivity contribution in [3.63, 3.8) is 0 Å². The van der Waals surface area contributed by atoms with Gasteiger partial charge < -0.3 is 14.8 Å². The molecule has 2 unspecified atom stereocenters. The van der Waals surface area contributed by atoms with Crippen LogP contribution in [-0.4, -0.2) is 25.8 Å². The first kappa shape index (κ1) is 14.0. The minimum atomic E-state index is 0.146. The maximum Gasteiger partial charge on any atom is 0.120 e. The van der Waals surface area contributed by atoms with Gasteiger partial charge in [0.2, 0.25) is 0 Å². The quantitative estimate of drug-likeness (QED) is 0.790. The van der Waals surface area contributed by atoms with Crippen LogP contribution in [0.1, 0.15) is 26.3 Å². The van der Waals surface area contributed by atoms with E-state index in [0.29, 0.717) is 12.6 Å². The second-order valence-electron chi connectivity index (χ2n) is 4.25. The van der Waals surface area contributed by atoms with Crippen molar-refractivity contribution >= 4 is 0 Å². The molecule has 1 aromatic carbocycles. The monoisotopic (exact) mass is 237 g/mol. The fourth-order valence-electron chi connectivity index (χ4n) is 1.68. The average molecular weight is 237 g/mol. The number of rotatable bonds is 7. The molecule has 96 valence electrons. The van der Waals surface area contributed by atoms with E-state index in [1.165, 1.54) is 0 Å². The van der Waals surface area contributed by atoms with Crippen molar-refractivity contribution in [3.8, 4) is 5.75 Å². The highest BCUT2D eigenvalue weighted by Gasteiger charge is 2.12. The molecule has 0 saturated carbocycles. The molecule has 0 bridgehead atoms. The number of ether oxygens (including phenoxy) is 2. The molecule has 1 aromatic rings. The van der Waals surface area contributed by atoms with E-state index in [9.17, 15) is 0 Å². The smallest absolute Gasteiger partial charge is 0.120 e. The highest BCUT2D eigenvalue weighted by molar-refractivity contribution is 5.28. The molecule has 2 atom stereocenters. The van der Waals surface area contributed by atoms with Crippen LogP contribution in [-0.2, 0) is 11.3 Å². The highest BCUT2D eigenvalue weighted by atomic mass is 16.5. The van der Waals surface area contributed by atoms with Crippen LogP contribution in [0.4, 0.5) is 0 Å². The van der Waals surface area contributed by atoms with Gasteiger partial charge in [0.05, 0.1) is 6.61 Å². The van der Waals surface area contributed by atoms with Crippen LogP contribution in [0, 0.1) is 0 Å². The molecule has 3 heteroatoms. The summed E-state index contributed by atoms with van der Waals surface area (Å²) in [5.74, 6) is 0.900. The first-order chi connectivity index (χ1) is 8.17. The van der Waals surface area contributed by atoms with E-state index in [0.717, 1.165) is 17.9 Å². The van der Waals surface area contributed by atoms with Gasteiger partial charge in [-0.2, -0.15) is 0 Å². The lowest BCUT2D eigenvalue weighted by atomic mass is 10.2. The van der Waals surface area contributed by atoms with E-state index in [1.807, 2.05) is 24.3 Å². The van der Waals surface area contributed by atoms with Crippen LogP contribution >= 0.6 is 0 Å². The summed E-state index contributed by atoms with van der Waals surface area (Å²) in [5, 5.41) is 3.36. The molecule has 17 heavy (non-hydrogen) atoms. The Bertz CT molecular complexity index is 328. The standard InChI is InChI=1S/C14H23NO2/c1-5-15-11(2)12(3)17-14-8-6-7-13(9-14)10-16-4/h6-9,11-12,15H,5,10H2,1-4H3. The Morgan fingerprint density at radius 1 is 1.29 bits per heavy atom. The largest absolute Gasteiger partial charge is 0.489 e. The summed E-state index contributed by atoms with van der Waals surface area (Å²) in [6.07, 6.45) is 0.146. The Morgan fingerprint density at radius 3 is 2.71 bits per heavy atom. The molecule has 0 radical (unpaired) electrons. The molecule has 0 spiro atoms. The lowest BCUT2D eigenvalue weighted by Gasteiger charge is -2.22. The number of nitrogens with one attached hydrogen (secondary N) is 1. The minimum Gasteiger partial charge on any atom is -0.489 e. The maximum atomic E-state index is 5.90. The Hall–Kier alpha value is -1.06. The lowest BCUT2D eigenvalue weighted by molar-refractivity contribution is 0.174. The fraction of sp³-hybridized carbons (Fsp3) is 0.571. The molecule has 0 heterocycles. The predicted octanol–water partition coefficient (Wildman–Crippen LogP) is 2.60. The molecule has 0 aromatic heterocycles. The highest BCUT2D eigenvalue weighted by Crippen LogP contribution is 2.16. The van der Waals surface area contributed by atoms with E-state index >= 15 is 0 Å². The van der Waals surface area contributed by atoms with Gasteiger partial charge >= 0.3 is 0 Å². The lowest BCUT2D eigenvalue weighted by Crippen LogP contribution is -2.38. The van der Waals surface area contributed by atoms with E-state index in [2.05, 4.69) is 26.1 Å². The van der Waals surface area contributed by atoms with E-state index in [1.54, 1.807) is 7.11 Å². The van der Waals surface area contributed by atoms with Crippen molar-refractivity contribution in [1.29, 1.82) is 0 Å². The summed E-state index contributed by atoms with van der Waals surface area (Å²) in [6.45, 7) is 7.89. The number of hydrogen-bond donors (Lipinski definition) is 1. The van der Waals surface area contributed by atoms with Crippen molar-refractivity contribution in [2.24, 2.45) is 0 Å². The molecule has 0 aliphatic heterocycles. The number of hydrogen-bond acceptors (Lipinski definition) is 3. The third-order valence-corrected chi connectivity index (χ3v) is 2.76. The zero-order valence-corrected chi connectivity index (χ0v) is 11.2. The second kappa shape index (κ2) is 7.30. The Morgan fingerprint density at radius 2 is 2.06 bits per heavy atom. The van der Waals surface area contributed by atoms with Gasteiger partial charge in [-0.05, 0) is 38.1 Å². The van der Waals surface area contributed by atoms with Crippen LogP contribution in [0.5, 0.6) is 5.75 Å². The van der Waals surface area contributed by atoms with Crippen LogP contribution in [0.3, 0.4) is 0 Å². The summed E-state index contributed by atoms with van der Waals surface area (Å²) in [7, 11) is 1.70. The van der Waals surface area contributed by atoms with Gasteiger partial charge in [-0.3, -0.25) is 0 Å². The van der Waals surface area contributed by atoms with Crippen molar-refractivity contribution in [2.75, 3.05) is 13.7 Å². The SMILES string of the molecule is CCNC(C)C(C)Oc1cccc(COC)c1. The molecule has 0 aliphatic carbocycles. The number of benzene rings is 1. The Kier molecular flexibility index (Phi) is 6.01. The van der Waals surface area contributed by atoms with Crippen LogP contribution < -0.4 is 10.1 Å². The summed E-state index contributed by atoms with van der Waals surface area (Å²) in [5.41, 5.74) is 1.13. The molecule has 1 rings (SSSR count). The van der Waals surface area contributed by atoms with Crippen molar-refractivity contribution < 1.29 is 9.47 Å². The van der Waals surface area contributed by atoms with Crippen LogP contribution in [0.2, 0.25) is 0 Å². The average Bonchev–Trinajstić information content (AvgIpc) is 2.30. The summed E-state index contributed by atoms with van der Waals surface area (Å²) in [4.78, 5) is 0. The maximum absolute atomic E-state index is 5.90. The van der Waals surface area contributed by atoms with E-state index < -0.39 is 0 Å². The number of methoxy groups -OCH3 is 1. The molecule has 0 saturated heterocycles. The molecular weight excluding hydrogens is 214 g/mol. The van der Waals surface area contributed by atoms with Crippen LogP contribution in [0.25, 0.3) is 0 Å². The van der Waals surface area contributed by atoms with E-state index in [-0.39, 0.29) is 6.10 Å². The van der Waals surface area contributed by atoms with Gasteiger partial charge in [-0.15, -0.1) is 0 Å². The Labute approximate surface area is 104 Å². The van der Waals surface area contributed by atoms with Gasteiger partial charge in [0.25, 0.3) is 0 Å².